The lowest BCUT2D eigenvalue weighted by atomic mass is 10.1. The summed E-state index contributed by atoms with van der Waals surface area (Å²) in [4.78, 5) is 40.4. The summed E-state index contributed by atoms with van der Waals surface area (Å²) in [6, 6.07) is 8.46. The summed E-state index contributed by atoms with van der Waals surface area (Å²) >= 11 is 5.89. The van der Waals surface area contributed by atoms with Crippen LogP contribution in [0.2, 0.25) is 5.02 Å². The highest BCUT2D eigenvalue weighted by Crippen LogP contribution is 2.32. The van der Waals surface area contributed by atoms with Crippen molar-refractivity contribution < 1.29 is 22.8 Å². The van der Waals surface area contributed by atoms with Gasteiger partial charge in [0.15, 0.2) is 0 Å². The van der Waals surface area contributed by atoms with Gasteiger partial charge in [-0.25, -0.2) is 4.98 Å². The summed E-state index contributed by atoms with van der Waals surface area (Å²) in [6.45, 7) is 0.479. The van der Waals surface area contributed by atoms with E-state index in [0.29, 0.717) is 17.6 Å². The van der Waals surface area contributed by atoms with Crippen molar-refractivity contribution in [1.82, 2.24) is 14.9 Å². The van der Waals surface area contributed by atoms with Crippen LogP contribution in [0.5, 0.6) is 0 Å². The molecule has 0 saturated heterocycles. The van der Waals surface area contributed by atoms with Crippen LogP contribution in [0.25, 0.3) is 5.69 Å². The van der Waals surface area contributed by atoms with Crippen molar-refractivity contribution in [3.8, 4) is 5.69 Å². The van der Waals surface area contributed by atoms with Crippen molar-refractivity contribution in [2.75, 3.05) is 29.5 Å². The van der Waals surface area contributed by atoms with Gasteiger partial charge >= 0.3 is 6.18 Å². The average Bonchev–Trinajstić information content (AvgIpc) is 3.05. The molecule has 0 unspecified atom stereocenters. The number of alkyl halides is 3. The Balaban J connectivity index is 1.52. The zero-order valence-electron chi connectivity index (χ0n) is 17.2. The van der Waals surface area contributed by atoms with Crippen LogP contribution in [-0.4, -0.2) is 34.5 Å². The van der Waals surface area contributed by atoms with Gasteiger partial charge in [0.05, 0.1) is 33.1 Å². The van der Waals surface area contributed by atoms with Gasteiger partial charge in [-0.05, 0) is 18.2 Å². The average molecular weight is 493 g/mol. The quantitative estimate of drug-likeness (QED) is 0.307. The molecule has 0 fully saturated rings. The zero-order valence-corrected chi connectivity index (χ0v) is 17.9. The van der Waals surface area contributed by atoms with Crippen molar-refractivity contribution in [2.24, 2.45) is 0 Å². The molecular weight excluding hydrogens is 477 g/mol. The smallest absolute Gasteiger partial charge is 0.384 e. The Kier molecular flexibility index (Phi) is 5.92. The molecule has 1 aliphatic rings. The molecule has 176 valence electrons. The molecule has 0 bridgehead atoms. The van der Waals surface area contributed by atoms with E-state index in [4.69, 9.17) is 17.3 Å². The number of rotatable bonds is 6. The van der Waals surface area contributed by atoms with E-state index >= 15 is 0 Å². The summed E-state index contributed by atoms with van der Waals surface area (Å²) < 4.78 is 39.3. The highest BCUT2D eigenvalue weighted by molar-refractivity contribution is 6.33. The first kappa shape index (κ1) is 23.1. The van der Waals surface area contributed by atoms with Gasteiger partial charge in [-0.3, -0.25) is 24.3 Å². The number of carbonyl (C=O) groups excluding carboxylic acids is 2. The van der Waals surface area contributed by atoms with Crippen molar-refractivity contribution >= 4 is 40.7 Å². The number of pyridine rings is 2. The summed E-state index contributed by atoms with van der Waals surface area (Å²) in [7, 11) is 0. The third-order valence-electron chi connectivity index (χ3n) is 5.00. The largest absolute Gasteiger partial charge is 0.417 e. The maximum absolute atomic E-state index is 12.7. The number of para-hydroxylation sites is 2. The summed E-state index contributed by atoms with van der Waals surface area (Å²) in [5, 5.41) is 7.84. The Hall–Kier alpha value is -4.06. The highest BCUT2D eigenvalue weighted by Gasteiger charge is 2.32. The SMILES string of the molecule is Nc1c2c(cc(=O)n1-c1ccccc1NCCNc1ncc(C(F)(F)F)cc1Cl)C(=O)NC2=O. The Morgan fingerprint density at radius 1 is 1.06 bits per heavy atom. The monoisotopic (exact) mass is 492 g/mol. The lowest BCUT2D eigenvalue weighted by Gasteiger charge is -2.17. The number of nitrogens with two attached hydrogens (primary N) is 1. The topological polar surface area (TPSA) is 131 Å². The predicted octanol–water partition coefficient (Wildman–Crippen LogP) is 2.89. The Morgan fingerprint density at radius 2 is 1.76 bits per heavy atom. The Morgan fingerprint density at radius 3 is 2.47 bits per heavy atom. The first-order valence-corrected chi connectivity index (χ1v) is 10.2. The van der Waals surface area contributed by atoms with Crippen LogP contribution in [0.4, 0.5) is 30.5 Å². The molecule has 0 radical (unpaired) electrons. The van der Waals surface area contributed by atoms with Gasteiger partial charge in [0, 0.05) is 25.4 Å². The molecule has 0 aliphatic carbocycles. The third-order valence-corrected chi connectivity index (χ3v) is 5.29. The van der Waals surface area contributed by atoms with Crippen molar-refractivity contribution in [1.29, 1.82) is 0 Å². The molecule has 13 heteroatoms. The second-order valence-electron chi connectivity index (χ2n) is 7.20. The molecule has 4 rings (SSSR count). The minimum atomic E-state index is -4.55. The first-order valence-electron chi connectivity index (χ1n) is 9.79. The minimum Gasteiger partial charge on any atom is -0.384 e. The minimum absolute atomic E-state index is 0.0795. The van der Waals surface area contributed by atoms with Gasteiger partial charge in [-0.1, -0.05) is 23.7 Å². The molecule has 5 N–H and O–H groups in total. The molecule has 2 aromatic heterocycles. The number of anilines is 3. The maximum Gasteiger partial charge on any atom is 0.417 e. The number of halogens is 4. The summed E-state index contributed by atoms with van der Waals surface area (Å²) in [5.41, 5.74) is 5.18. The molecule has 0 saturated carbocycles. The molecule has 0 spiro atoms. The normalized spacial score (nSPS) is 12.9. The van der Waals surface area contributed by atoms with E-state index in [1.807, 2.05) is 0 Å². The van der Waals surface area contributed by atoms with Crippen molar-refractivity contribution in [3.05, 3.63) is 74.7 Å². The second kappa shape index (κ2) is 8.71. The van der Waals surface area contributed by atoms with E-state index in [0.717, 1.165) is 16.7 Å². The number of hydrogen-bond acceptors (Lipinski definition) is 7. The number of imide groups is 1. The van der Waals surface area contributed by atoms with Crippen LogP contribution in [0.1, 0.15) is 26.3 Å². The molecule has 34 heavy (non-hydrogen) atoms. The van der Waals surface area contributed by atoms with E-state index in [-0.39, 0.29) is 40.9 Å². The lowest BCUT2D eigenvalue weighted by molar-refractivity contribution is -0.137. The van der Waals surface area contributed by atoms with E-state index in [9.17, 15) is 27.6 Å². The fraction of sp³-hybridized carbons (Fsp3) is 0.143. The maximum atomic E-state index is 12.7. The predicted molar refractivity (Wildman–Crippen MR) is 119 cm³/mol. The van der Waals surface area contributed by atoms with Gasteiger partial charge in [-0.15, -0.1) is 0 Å². The van der Waals surface area contributed by atoms with Crippen LogP contribution >= 0.6 is 11.6 Å². The van der Waals surface area contributed by atoms with Gasteiger partial charge in [-0.2, -0.15) is 13.2 Å². The van der Waals surface area contributed by atoms with Crippen molar-refractivity contribution in [2.45, 2.75) is 6.18 Å². The molecule has 1 aliphatic heterocycles. The molecule has 3 aromatic rings. The molecule has 2 amide bonds. The standard InChI is InChI=1S/C21H16ClF3N6O3/c22-12-7-10(21(23,24)25)9-29-18(12)28-6-5-27-13-3-1-2-4-14(13)31-15(32)8-11-16(17(31)26)20(34)30-19(11)33/h1-4,7-9,27H,5-6,26H2,(H,28,29)(H,30,33,34). The number of nitrogens with zero attached hydrogens (tertiary/aromatic N) is 2. The van der Waals surface area contributed by atoms with Crippen LogP contribution < -0.4 is 27.2 Å². The van der Waals surface area contributed by atoms with E-state index in [2.05, 4.69) is 20.9 Å². The van der Waals surface area contributed by atoms with Gasteiger partial charge < -0.3 is 16.4 Å². The second-order valence-corrected chi connectivity index (χ2v) is 7.61. The van der Waals surface area contributed by atoms with E-state index < -0.39 is 29.1 Å². The molecular formula is C21H16ClF3N6O3. The summed E-state index contributed by atoms with van der Waals surface area (Å²) in [6.07, 6.45) is -3.87. The van der Waals surface area contributed by atoms with Gasteiger partial charge in [0.25, 0.3) is 17.4 Å². The molecule has 9 nitrogen and oxygen atoms in total. The Bertz CT molecular complexity index is 1370. The fourth-order valence-electron chi connectivity index (χ4n) is 3.45. The number of carbonyl (C=O) groups is 2. The number of aromatic nitrogens is 2. The number of amides is 2. The third kappa shape index (κ3) is 4.27. The number of benzene rings is 1. The van der Waals surface area contributed by atoms with Crippen LogP contribution in [-0.2, 0) is 6.18 Å². The molecule has 1 aromatic carbocycles. The lowest BCUT2D eigenvalue weighted by Crippen LogP contribution is -2.25. The summed E-state index contributed by atoms with van der Waals surface area (Å²) in [5.74, 6) is -1.48. The van der Waals surface area contributed by atoms with E-state index in [1.165, 1.54) is 0 Å². The Labute approximate surface area is 194 Å². The van der Waals surface area contributed by atoms with Gasteiger partial charge in [0.1, 0.15) is 11.6 Å². The van der Waals surface area contributed by atoms with Gasteiger partial charge in [0.2, 0.25) is 0 Å². The first-order chi connectivity index (χ1) is 16.1. The van der Waals surface area contributed by atoms with Crippen molar-refractivity contribution in [3.63, 3.8) is 0 Å². The number of nitrogens with one attached hydrogen (secondary N) is 3. The van der Waals surface area contributed by atoms with Crippen LogP contribution in [0, 0.1) is 0 Å². The van der Waals surface area contributed by atoms with Crippen LogP contribution in [0.3, 0.4) is 0 Å². The van der Waals surface area contributed by atoms with E-state index in [1.54, 1.807) is 24.3 Å². The molecule has 3 heterocycles. The molecule has 0 atom stereocenters. The number of nitrogen functional groups attached to an aromatic ring is 1. The fourth-order valence-corrected chi connectivity index (χ4v) is 3.68. The van der Waals surface area contributed by atoms with Crippen LogP contribution in [0.15, 0.2) is 47.4 Å². The number of hydrogen-bond donors (Lipinski definition) is 4. The highest BCUT2D eigenvalue weighted by atomic mass is 35.5. The number of fused-ring (bicyclic) bond motifs is 1. The zero-order chi connectivity index (χ0) is 24.6.